The smallest absolute Gasteiger partial charge is 0.426 e. The van der Waals surface area contributed by atoms with Gasteiger partial charge in [0.2, 0.25) is 11.1 Å². The first-order valence-corrected chi connectivity index (χ1v) is 3.88. The van der Waals surface area contributed by atoms with E-state index >= 15 is 0 Å². The van der Waals surface area contributed by atoms with Crippen LogP contribution in [0.25, 0.3) is 15.7 Å². The van der Waals surface area contributed by atoms with Gasteiger partial charge in [0.15, 0.2) is 4.98 Å². The molecule has 0 radical (unpaired) electrons. The van der Waals surface area contributed by atoms with Crippen molar-refractivity contribution in [1.29, 1.82) is 5.39 Å². The maximum atomic E-state index is 9.35. The lowest BCUT2D eigenvalue weighted by molar-refractivity contribution is -0.00000377. The third-order valence-electron chi connectivity index (χ3n) is 1.95. The van der Waals surface area contributed by atoms with Crippen LogP contribution in [0.2, 0.25) is 0 Å². The van der Waals surface area contributed by atoms with Gasteiger partial charge in [-0.25, -0.2) is 0 Å². The van der Waals surface area contributed by atoms with E-state index < -0.39 is 0 Å². The lowest BCUT2D eigenvalue weighted by Gasteiger charge is -1.94. The monoisotopic (exact) mass is 207 g/mol. The van der Waals surface area contributed by atoms with E-state index in [0.717, 1.165) is 10.8 Å². The third-order valence-corrected chi connectivity index (χ3v) is 1.95. The molecule has 0 aliphatic rings. The Morgan fingerprint density at radius 3 is 2.21 bits per heavy atom. The van der Waals surface area contributed by atoms with Crippen molar-refractivity contribution in [3.05, 3.63) is 41.4 Å². The van der Waals surface area contributed by atoms with Crippen LogP contribution >= 0.6 is 0 Å². The number of nitrogens with zero attached hydrogens (tertiary/aromatic N) is 2. The molecule has 2 aromatic carbocycles. The second-order valence-electron chi connectivity index (χ2n) is 2.79. The van der Waals surface area contributed by atoms with Crippen molar-refractivity contribution in [1.82, 2.24) is 0 Å². The summed E-state index contributed by atoms with van der Waals surface area (Å²) in [4.78, 5) is 2.97. The van der Waals surface area contributed by atoms with Crippen LogP contribution < -0.4 is 12.4 Å². The minimum Gasteiger partial charge on any atom is -1.00 e. The van der Waals surface area contributed by atoms with Crippen LogP contribution in [0.4, 0.5) is 5.69 Å². The highest BCUT2D eigenvalue weighted by atomic mass is 35.5. The second kappa shape index (κ2) is 3.95. The van der Waals surface area contributed by atoms with Crippen LogP contribution in [-0.2, 0) is 0 Å². The van der Waals surface area contributed by atoms with Crippen molar-refractivity contribution in [2.24, 2.45) is 0 Å². The molecule has 0 spiro atoms. The molecule has 4 heteroatoms. The first-order chi connectivity index (χ1) is 6.31. The standard InChI is InChI=1S/C10H6N2O.ClH/c11-12-9-5-7-3-1-2-4-8(7)6-10(9)13;/h1-6H;1H/i10+1;. The van der Waals surface area contributed by atoms with E-state index in [1.165, 1.54) is 0 Å². The highest BCUT2D eigenvalue weighted by Gasteiger charge is 2.13. The van der Waals surface area contributed by atoms with E-state index in [-0.39, 0.29) is 23.8 Å². The van der Waals surface area contributed by atoms with E-state index in [4.69, 9.17) is 5.39 Å². The van der Waals surface area contributed by atoms with Gasteiger partial charge in [-0.15, -0.1) is 0 Å². The molecule has 2 rings (SSSR count). The molecule has 0 saturated carbocycles. The van der Waals surface area contributed by atoms with Crippen molar-refractivity contribution in [2.45, 2.75) is 0 Å². The van der Waals surface area contributed by atoms with Crippen LogP contribution in [-0.4, -0.2) is 5.11 Å². The summed E-state index contributed by atoms with van der Waals surface area (Å²) in [6.45, 7) is 0. The van der Waals surface area contributed by atoms with Gasteiger partial charge in [-0.05, 0) is 16.8 Å². The SMILES string of the molecule is N#[N+]c1cc2ccccc2c[13c]1O.[Cl-]. The molecule has 14 heavy (non-hydrogen) atoms. The molecule has 3 nitrogen and oxygen atoms in total. The van der Waals surface area contributed by atoms with Crippen molar-refractivity contribution in [2.75, 3.05) is 0 Å². The highest BCUT2D eigenvalue weighted by molar-refractivity contribution is 5.88. The number of halogens is 1. The summed E-state index contributed by atoms with van der Waals surface area (Å²) in [5.74, 6) is -0.0128. The molecule has 0 atom stereocenters. The van der Waals surface area contributed by atoms with Gasteiger partial charge < -0.3 is 17.5 Å². The Morgan fingerprint density at radius 2 is 1.64 bits per heavy atom. The maximum Gasteiger partial charge on any atom is 0.426 e. The molecule has 0 aromatic heterocycles. The predicted molar refractivity (Wildman–Crippen MR) is 50.4 cm³/mol. The Labute approximate surface area is 87.0 Å². The summed E-state index contributed by atoms with van der Waals surface area (Å²) in [6, 6.07) is 10.8. The number of hydrogen-bond donors (Lipinski definition) is 1. The molecule has 0 aliphatic heterocycles. The number of phenols is 1. The maximum absolute atomic E-state index is 9.35. The van der Waals surface area contributed by atoms with Gasteiger partial charge in [0.1, 0.15) is 0 Å². The summed E-state index contributed by atoms with van der Waals surface area (Å²) in [5.41, 5.74) is 0.193. The quantitative estimate of drug-likeness (QED) is 0.620. The average Bonchev–Trinajstić information content (AvgIpc) is 2.17. The first kappa shape index (κ1) is 10.3. The molecule has 0 fully saturated rings. The molecule has 0 saturated heterocycles. The number of benzene rings is 2. The zero-order valence-corrected chi connectivity index (χ0v) is 7.94. The van der Waals surface area contributed by atoms with Crippen molar-refractivity contribution in [3.63, 3.8) is 0 Å². The zero-order valence-electron chi connectivity index (χ0n) is 7.18. The van der Waals surface area contributed by atoms with E-state index in [1.54, 1.807) is 12.1 Å². The van der Waals surface area contributed by atoms with Crippen LogP contribution in [0.5, 0.6) is 5.75 Å². The molecule has 0 unspecified atom stereocenters. The minimum absolute atomic E-state index is 0. The highest BCUT2D eigenvalue weighted by Crippen LogP contribution is 2.31. The van der Waals surface area contributed by atoms with Crippen molar-refractivity contribution >= 4 is 16.5 Å². The number of hydrogen-bond acceptors (Lipinski definition) is 2. The summed E-state index contributed by atoms with van der Waals surface area (Å²) < 4.78 is 0. The number of diazo groups is 1. The van der Waals surface area contributed by atoms with Gasteiger partial charge in [0.25, 0.3) is 0 Å². The van der Waals surface area contributed by atoms with E-state index in [9.17, 15) is 5.11 Å². The summed E-state index contributed by atoms with van der Waals surface area (Å²) in [6.07, 6.45) is 0. The topological polar surface area (TPSA) is 48.4 Å². The van der Waals surface area contributed by atoms with Gasteiger partial charge in [-0.1, -0.05) is 24.3 Å². The van der Waals surface area contributed by atoms with Crippen LogP contribution in [0.1, 0.15) is 0 Å². The fourth-order valence-corrected chi connectivity index (χ4v) is 1.30. The van der Waals surface area contributed by atoms with Gasteiger partial charge in [-0.2, -0.15) is 0 Å². The van der Waals surface area contributed by atoms with E-state index in [1.807, 2.05) is 24.3 Å². The molecule has 1 N–H and O–H groups in total. The molecule has 2 aromatic rings. The Balaban J connectivity index is 0.000000980. The van der Waals surface area contributed by atoms with E-state index in [2.05, 4.69) is 4.98 Å². The molecule has 0 heterocycles. The fourth-order valence-electron chi connectivity index (χ4n) is 1.30. The predicted octanol–water partition coefficient (Wildman–Crippen LogP) is 0.0340. The molecule has 0 aliphatic carbocycles. The van der Waals surface area contributed by atoms with Crippen LogP contribution in [0.3, 0.4) is 0 Å². The molecular weight excluding hydrogens is 201 g/mol. The van der Waals surface area contributed by atoms with Gasteiger partial charge in [-0.3, -0.25) is 0 Å². The van der Waals surface area contributed by atoms with Crippen molar-refractivity contribution < 1.29 is 17.5 Å². The fraction of sp³-hybridized carbons (Fsp3) is 0. The average molecular weight is 208 g/mol. The Morgan fingerprint density at radius 1 is 1.07 bits per heavy atom. The van der Waals surface area contributed by atoms with Gasteiger partial charge in [0, 0.05) is 6.07 Å². The summed E-state index contributed by atoms with van der Waals surface area (Å²) in [7, 11) is 0. The van der Waals surface area contributed by atoms with Crippen molar-refractivity contribution in [3.8, 4) is 5.75 Å². The molecule has 0 bridgehead atoms. The molecule has 0 amide bonds. The van der Waals surface area contributed by atoms with Crippen LogP contribution in [0.15, 0.2) is 36.4 Å². The molecular formula is C10H7ClN2O. The van der Waals surface area contributed by atoms with Gasteiger partial charge in [0.05, 0.1) is 0 Å². The number of phenolic OH excluding ortho intramolecular Hbond substituents is 1. The first-order valence-electron chi connectivity index (χ1n) is 3.88. The normalized spacial score (nSPS) is 9.07. The molecule has 70 valence electrons. The second-order valence-corrected chi connectivity index (χ2v) is 2.79. The Kier molecular flexibility index (Phi) is 2.90. The lowest BCUT2D eigenvalue weighted by Crippen LogP contribution is -3.00. The largest absolute Gasteiger partial charge is 1.00 e. The minimum atomic E-state index is -0.0128. The number of aromatic hydroxyl groups is 1. The zero-order chi connectivity index (χ0) is 9.26. The van der Waals surface area contributed by atoms with Gasteiger partial charge >= 0.3 is 5.69 Å². The number of rotatable bonds is 0. The summed E-state index contributed by atoms with van der Waals surface area (Å²) in [5, 5.41) is 19.8. The lowest BCUT2D eigenvalue weighted by atomic mass is 10.1. The Bertz CT molecular complexity index is 505. The number of fused-ring (bicyclic) bond motifs is 1. The Hall–Kier alpha value is -1.79. The summed E-state index contributed by atoms with van der Waals surface area (Å²) >= 11 is 0. The van der Waals surface area contributed by atoms with Crippen LogP contribution in [0, 0.1) is 5.39 Å². The third kappa shape index (κ3) is 1.61. The van der Waals surface area contributed by atoms with E-state index in [0.29, 0.717) is 0 Å².